The van der Waals surface area contributed by atoms with Gasteiger partial charge in [0.2, 0.25) is 0 Å². The highest BCUT2D eigenvalue weighted by Crippen LogP contribution is 2.25. The Bertz CT molecular complexity index is 1150. The van der Waals surface area contributed by atoms with E-state index < -0.39 is 15.5 Å². The minimum Gasteiger partial charge on any atom is -0.354 e. The van der Waals surface area contributed by atoms with E-state index in [4.69, 9.17) is 11.6 Å². The van der Waals surface area contributed by atoms with Gasteiger partial charge in [0.05, 0.1) is 17.3 Å². The van der Waals surface area contributed by atoms with Crippen molar-refractivity contribution in [3.8, 4) is 11.5 Å². The van der Waals surface area contributed by atoms with Crippen molar-refractivity contribution >= 4 is 32.8 Å². The molecule has 4 rings (SSSR count). The lowest BCUT2D eigenvalue weighted by Gasteiger charge is -2.31. The van der Waals surface area contributed by atoms with E-state index in [0.29, 0.717) is 23.7 Å². The number of pyridine rings is 1. The molecule has 0 N–H and O–H groups in total. The fourth-order valence-electron chi connectivity index (χ4n) is 3.40. The average molecular weight is 423 g/mol. The molecule has 7 nitrogen and oxygen atoms in total. The predicted molar refractivity (Wildman–Crippen MR) is 109 cm³/mol. The van der Waals surface area contributed by atoms with Crippen molar-refractivity contribution in [2.24, 2.45) is 4.36 Å². The molecule has 0 aliphatic carbocycles. The summed E-state index contributed by atoms with van der Waals surface area (Å²) in [5.74, 6) is 0.723. The highest BCUT2D eigenvalue weighted by atomic mass is 35.5. The van der Waals surface area contributed by atoms with Crippen molar-refractivity contribution in [1.29, 1.82) is 0 Å². The van der Waals surface area contributed by atoms with Crippen molar-refractivity contribution in [2.75, 3.05) is 30.5 Å². The van der Waals surface area contributed by atoms with Crippen LogP contribution >= 0.6 is 11.6 Å². The molecule has 1 saturated heterocycles. The number of hydrogen-bond acceptors (Lipinski definition) is 6. The van der Waals surface area contributed by atoms with E-state index in [9.17, 15) is 8.60 Å². The van der Waals surface area contributed by atoms with E-state index in [1.807, 2.05) is 6.07 Å². The third kappa shape index (κ3) is 3.95. The number of rotatable bonds is 3. The molecule has 4 heterocycles. The van der Waals surface area contributed by atoms with Crippen LogP contribution in [0.4, 0.5) is 10.2 Å². The van der Waals surface area contributed by atoms with E-state index in [2.05, 4.69) is 24.2 Å². The van der Waals surface area contributed by atoms with Crippen LogP contribution in [0.2, 0.25) is 5.02 Å². The van der Waals surface area contributed by atoms with Crippen LogP contribution in [0.3, 0.4) is 0 Å². The summed E-state index contributed by atoms with van der Waals surface area (Å²) in [6.07, 6.45) is 9.95. The van der Waals surface area contributed by atoms with Gasteiger partial charge in [0.15, 0.2) is 5.82 Å². The lowest BCUT2D eigenvalue weighted by Crippen LogP contribution is -2.38. The Morgan fingerprint density at radius 2 is 2.18 bits per heavy atom. The van der Waals surface area contributed by atoms with Crippen LogP contribution in [0, 0.1) is 5.82 Å². The molecular formula is C18H20ClFN6OS. The van der Waals surface area contributed by atoms with Gasteiger partial charge in [-0.1, -0.05) is 11.6 Å². The van der Waals surface area contributed by atoms with Gasteiger partial charge in [-0.3, -0.25) is 8.61 Å². The predicted octanol–water partition coefficient (Wildman–Crippen LogP) is 3.28. The van der Waals surface area contributed by atoms with Crippen molar-refractivity contribution < 1.29 is 8.60 Å². The first-order chi connectivity index (χ1) is 13.3. The number of aromatic nitrogens is 4. The second kappa shape index (κ2) is 7.29. The fourth-order valence-corrected chi connectivity index (χ4v) is 4.44. The third-order valence-electron chi connectivity index (χ3n) is 4.55. The molecule has 0 aromatic carbocycles. The molecule has 3 aromatic rings. The van der Waals surface area contributed by atoms with Crippen molar-refractivity contribution in [3.63, 3.8) is 0 Å². The minimum atomic E-state index is -2.14. The number of fused-ring (bicyclic) bond motifs is 1. The van der Waals surface area contributed by atoms with Crippen molar-refractivity contribution in [2.45, 2.75) is 18.9 Å². The second-order valence-corrected chi connectivity index (χ2v) is 10.1. The van der Waals surface area contributed by atoms with Crippen LogP contribution in [0.1, 0.15) is 12.8 Å². The Morgan fingerprint density at radius 3 is 2.96 bits per heavy atom. The van der Waals surface area contributed by atoms with Crippen LogP contribution in [-0.4, -0.2) is 55.2 Å². The van der Waals surface area contributed by atoms with Gasteiger partial charge in [0, 0.05) is 53.8 Å². The molecule has 0 radical (unpaired) electrons. The number of halogens is 2. The van der Waals surface area contributed by atoms with Gasteiger partial charge >= 0.3 is 0 Å². The molecule has 3 aromatic heterocycles. The van der Waals surface area contributed by atoms with Gasteiger partial charge in [-0.25, -0.2) is 23.7 Å². The Morgan fingerprint density at radius 1 is 1.36 bits per heavy atom. The molecule has 1 aliphatic rings. The smallest absolute Gasteiger partial charge is 0.180 e. The first-order valence-electron chi connectivity index (χ1n) is 8.87. The van der Waals surface area contributed by atoms with E-state index in [-0.39, 0.29) is 11.1 Å². The maximum atomic E-state index is 13.7. The molecule has 1 fully saturated rings. The SMILES string of the molecule is CS(C)(=O)=NC1CCCN(c2ccnc(-c3cnc4cc(F)c(Cl)cn34)n2)C1. The number of hydrogen-bond donors (Lipinski definition) is 0. The molecule has 1 atom stereocenters. The monoisotopic (exact) mass is 422 g/mol. The highest BCUT2D eigenvalue weighted by molar-refractivity contribution is 7.92. The van der Waals surface area contributed by atoms with Crippen LogP contribution in [0.5, 0.6) is 0 Å². The van der Waals surface area contributed by atoms with Gasteiger partial charge in [-0.15, -0.1) is 0 Å². The Labute approximate surface area is 167 Å². The van der Waals surface area contributed by atoms with E-state index in [1.165, 1.54) is 12.3 Å². The molecule has 10 heteroatoms. The summed E-state index contributed by atoms with van der Waals surface area (Å²) < 4.78 is 31.8. The summed E-state index contributed by atoms with van der Waals surface area (Å²) in [5.41, 5.74) is 1.06. The zero-order chi connectivity index (χ0) is 19.9. The fraction of sp³-hybridized carbons (Fsp3) is 0.389. The summed E-state index contributed by atoms with van der Waals surface area (Å²) in [6.45, 7) is 1.51. The topological polar surface area (TPSA) is 75.8 Å². The van der Waals surface area contributed by atoms with E-state index in [0.717, 1.165) is 25.2 Å². The highest BCUT2D eigenvalue weighted by Gasteiger charge is 2.22. The maximum Gasteiger partial charge on any atom is 0.180 e. The zero-order valence-corrected chi connectivity index (χ0v) is 17.1. The summed E-state index contributed by atoms with van der Waals surface area (Å²) in [5, 5.41) is 0.00566. The zero-order valence-electron chi connectivity index (χ0n) is 15.5. The second-order valence-electron chi connectivity index (χ2n) is 7.11. The van der Waals surface area contributed by atoms with E-state index >= 15 is 0 Å². The Kier molecular flexibility index (Phi) is 4.96. The summed E-state index contributed by atoms with van der Waals surface area (Å²) in [7, 11) is -2.14. The lowest BCUT2D eigenvalue weighted by atomic mass is 10.1. The number of nitrogens with zero attached hydrogens (tertiary/aromatic N) is 6. The Balaban J connectivity index is 1.67. The summed E-state index contributed by atoms with van der Waals surface area (Å²) in [4.78, 5) is 15.4. The molecule has 148 valence electrons. The molecule has 0 spiro atoms. The standard InChI is InChI=1S/C18H20ClFN6OS/c1-28(2,27)24-12-4-3-7-25(10-12)16-5-6-21-18(23-16)15-9-22-17-8-14(20)13(19)11-26(15)17/h5-6,8-9,11-12H,3-4,7,10H2,1-2H3. The molecule has 1 unspecified atom stereocenters. The average Bonchev–Trinajstić information content (AvgIpc) is 3.04. The van der Waals surface area contributed by atoms with Crippen LogP contribution < -0.4 is 4.90 Å². The maximum absolute atomic E-state index is 13.7. The molecule has 0 bridgehead atoms. The van der Waals surface area contributed by atoms with Gasteiger partial charge in [0.25, 0.3) is 0 Å². The van der Waals surface area contributed by atoms with Gasteiger partial charge in [0.1, 0.15) is 23.0 Å². The summed E-state index contributed by atoms with van der Waals surface area (Å²) >= 11 is 5.92. The largest absolute Gasteiger partial charge is 0.354 e. The molecule has 0 amide bonds. The number of imidazole rings is 1. The van der Waals surface area contributed by atoms with Crippen molar-refractivity contribution in [3.05, 3.63) is 41.6 Å². The molecule has 0 saturated carbocycles. The van der Waals surface area contributed by atoms with Crippen LogP contribution in [-0.2, 0) is 9.73 Å². The van der Waals surface area contributed by atoms with Crippen LogP contribution in [0.25, 0.3) is 17.2 Å². The minimum absolute atomic E-state index is 0.00566. The van der Waals surface area contributed by atoms with Crippen molar-refractivity contribution in [1.82, 2.24) is 19.4 Å². The normalized spacial score (nSPS) is 17.9. The lowest BCUT2D eigenvalue weighted by molar-refractivity contribution is 0.506. The van der Waals surface area contributed by atoms with Gasteiger partial charge in [-0.05, 0) is 18.9 Å². The van der Waals surface area contributed by atoms with Crippen LogP contribution in [0.15, 0.2) is 35.1 Å². The quantitative estimate of drug-likeness (QED) is 0.647. The number of anilines is 1. The first kappa shape index (κ1) is 19.1. The third-order valence-corrected chi connectivity index (χ3v) is 5.63. The number of piperidine rings is 1. The Hall–Kier alpha value is -2.26. The van der Waals surface area contributed by atoms with E-state index in [1.54, 1.807) is 29.3 Å². The first-order valence-corrected chi connectivity index (χ1v) is 11.6. The summed E-state index contributed by atoms with van der Waals surface area (Å²) in [6, 6.07) is 3.14. The van der Waals surface area contributed by atoms with Gasteiger partial charge < -0.3 is 4.90 Å². The molecular weight excluding hydrogens is 403 g/mol. The van der Waals surface area contributed by atoms with Gasteiger partial charge in [-0.2, -0.15) is 0 Å². The molecule has 1 aliphatic heterocycles. The molecule has 28 heavy (non-hydrogen) atoms.